The lowest BCUT2D eigenvalue weighted by Crippen LogP contribution is -2.44. The molecule has 7 aromatic rings. The molecule has 0 saturated heterocycles. The Morgan fingerprint density at radius 1 is 0.652 bits per heavy atom. The van der Waals surface area contributed by atoms with Crippen molar-refractivity contribution in [2.24, 2.45) is 5.41 Å². The first-order valence-corrected chi connectivity index (χ1v) is 26.0. The Hall–Kier alpha value is -5.14. The van der Waals surface area contributed by atoms with E-state index in [1.165, 1.54) is 111 Å². The molecule has 1 aromatic heterocycles. The molecule has 336 valence electrons. The number of aryl methyl sites for hydroxylation is 1. The molecule has 0 fully saturated rings. The van der Waals surface area contributed by atoms with E-state index in [1.807, 2.05) is 0 Å². The van der Waals surface area contributed by atoms with Gasteiger partial charge in [-0.15, -0.1) is 9.24 Å². The van der Waals surface area contributed by atoms with E-state index in [0.717, 1.165) is 24.2 Å². The van der Waals surface area contributed by atoms with Gasteiger partial charge in [-0.2, -0.15) is 0 Å². The minimum absolute atomic E-state index is 0.0207. The molecule has 0 saturated carbocycles. The largest absolute Gasteiger partial charge is 0.399 e. The molecule has 2 aliphatic carbocycles. The Morgan fingerprint density at radius 3 is 1.86 bits per heavy atom. The Labute approximate surface area is 397 Å². The van der Waals surface area contributed by atoms with Crippen LogP contribution in [0.15, 0.2) is 109 Å². The molecular formula is C60H66N4P2. The second-order valence-corrected chi connectivity index (χ2v) is 26.1. The smallest absolute Gasteiger partial charge is 0.0587 e. The summed E-state index contributed by atoms with van der Waals surface area (Å²) in [6, 6.07) is 40.4. The normalized spacial score (nSPS) is 18.2. The van der Waals surface area contributed by atoms with Gasteiger partial charge in [0.15, 0.2) is 0 Å². The number of anilines is 7. The molecule has 0 radical (unpaired) electrons. The predicted molar refractivity (Wildman–Crippen MR) is 292 cm³/mol. The van der Waals surface area contributed by atoms with Crippen molar-refractivity contribution in [3.05, 3.63) is 148 Å². The van der Waals surface area contributed by atoms with Crippen LogP contribution in [0.4, 0.5) is 39.8 Å². The second kappa shape index (κ2) is 14.4. The van der Waals surface area contributed by atoms with Gasteiger partial charge in [0.25, 0.3) is 0 Å². The molecule has 0 amide bonds. The monoisotopic (exact) mass is 904 g/mol. The summed E-state index contributed by atoms with van der Waals surface area (Å²) in [7, 11) is 1.92. The number of rotatable bonds is 3. The number of benzene rings is 6. The molecular weight excluding hydrogens is 839 g/mol. The Balaban J connectivity index is 1.30. The zero-order valence-corrected chi connectivity index (χ0v) is 43.4. The number of nitrogens with zero attached hydrogens (tertiary/aromatic N) is 3. The third-order valence-corrected chi connectivity index (χ3v) is 18.7. The fourth-order valence-electron chi connectivity index (χ4n) is 11.6. The van der Waals surface area contributed by atoms with Crippen LogP contribution in [0.1, 0.15) is 134 Å². The van der Waals surface area contributed by atoms with Crippen LogP contribution in [0.2, 0.25) is 0 Å². The molecule has 11 rings (SSSR count). The third-order valence-electron chi connectivity index (χ3n) is 15.7. The van der Waals surface area contributed by atoms with Gasteiger partial charge in [0.2, 0.25) is 0 Å². The maximum atomic E-state index is 6.48. The molecule has 4 nitrogen and oxygen atoms in total. The highest BCUT2D eigenvalue weighted by Gasteiger charge is 2.47. The van der Waals surface area contributed by atoms with Crippen molar-refractivity contribution in [3.8, 4) is 5.69 Å². The molecule has 0 spiro atoms. The van der Waals surface area contributed by atoms with Crippen LogP contribution in [-0.4, -0.2) is 4.57 Å². The fourth-order valence-corrected chi connectivity index (χ4v) is 14.7. The summed E-state index contributed by atoms with van der Waals surface area (Å²) < 4.78 is 2.64. The van der Waals surface area contributed by atoms with E-state index in [4.69, 9.17) is 5.73 Å². The van der Waals surface area contributed by atoms with E-state index < -0.39 is 7.92 Å². The van der Waals surface area contributed by atoms with Crippen molar-refractivity contribution < 1.29 is 0 Å². The summed E-state index contributed by atoms with van der Waals surface area (Å²) in [6.45, 7) is 30.8. The molecule has 2 N–H and O–H groups in total. The average molecular weight is 905 g/mol. The maximum Gasteiger partial charge on any atom is 0.0587 e. The van der Waals surface area contributed by atoms with Crippen LogP contribution in [0, 0.1) is 12.3 Å². The van der Waals surface area contributed by atoms with E-state index in [0.29, 0.717) is 5.92 Å². The Bertz CT molecular complexity index is 3220. The summed E-state index contributed by atoms with van der Waals surface area (Å²) in [5.41, 5.74) is 28.6. The van der Waals surface area contributed by atoms with E-state index in [-0.39, 0.29) is 21.7 Å². The molecule has 6 heteroatoms. The molecule has 3 heterocycles. The lowest BCUT2D eigenvalue weighted by molar-refractivity contribution is 0.371. The number of hydrogen-bond acceptors (Lipinski definition) is 3. The van der Waals surface area contributed by atoms with Gasteiger partial charge in [0.05, 0.1) is 34.0 Å². The summed E-state index contributed by atoms with van der Waals surface area (Å²) >= 11 is 0. The summed E-state index contributed by atoms with van der Waals surface area (Å²) in [6.07, 6.45) is 4.58. The van der Waals surface area contributed by atoms with Gasteiger partial charge in [-0.3, -0.25) is 0 Å². The fraction of sp³-hybridized carbons (Fsp3) is 0.333. The number of nitrogen functional groups attached to an aromatic ring is 1. The van der Waals surface area contributed by atoms with Gasteiger partial charge >= 0.3 is 0 Å². The number of aromatic nitrogens is 1. The first-order chi connectivity index (χ1) is 31.0. The van der Waals surface area contributed by atoms with Crippen molar-refractivity contribution >= 4 is 95.2 Å². The van der Waals surface area contributed by atoms with Crippen molar-refractivity contribution in [1.29, 1.82) is 0 Å². The van der Waals surface area contributed by atoms with Gasteiger partial charge in [0, 0.05) is 49.6 Å². The highest BCUT2D eigenvalue weighted by molar-refractivity contribution is 7.81. The van der Waals surface area contributed by atoms with Gasteiger partial charge < -0.3 is 20.1 Å². The van der Waals surface area contributed by atoms with Gasteiger partial charge in [0.1, 0.15) is 0 Å². The zero-order valence-electron chi connectivity index (χ0n) is 41.3. The maximum absolute atomic E-state index is 6.48. The third kappa shape index (κ3) is 6.44. The van der Waals surface area contributed by atoms with Crippen LogP contribution >= 0.6 is 17.2 Å². The van der Waals surface area contributed by atoms with Gasteiger partial charge in [-0.25, -0.2) is 0 Å². The van der Waals surface area contributed by atoms with Gasteiger partial charge in [-0.1, -0.05) is 113 Å². The lowest BCUT2D eigenvalue weighted by atomic mass is 9.59. The molecule has 3 atom stereocenters. The standard InChI is InChI=1S/C60H66N4P2/c1-34-26-54-50(32-46(34)59(9,10)11)62(39-18-16-38(61)17-19-39)52-29-41(64-48-24-14-36(57(3,4)5)27-44(48)45-28-37(58(6,7)8)15-25-49(45)64)30-53-56(52)66(54)55-31-43-35(2)60(12,13)47(43)33-51(55)63(53)40-20-22-42(65)23-21-40/h14,16-24,26-33,35H,15,25,61,65H2,1-13H3. The topological polar surface area (TPSA) is 37.4 Å². The summed E-state index contributed by atoms with van der Waals surface area (Å²) in [4.78, 5) is 5.20. The molecule has 66 heavy (non-hydrogen) atoms. The second-order valence-electron chi connectivity index (χ2n) is 23.4. The summed E-state index contributed by atoms with van der Waals surface area (Å²) in [5, 5.41) is 6.79. The molecule has 4 aliphatic rings. The zero-order chi connectivity index (χ0) is 46.7. The van der Waals surface area contributed by atoms with Crippen LogP contribution in [0.25, 0.3) is 22.7 Å². The summed E-state index contributed by atoms with van der Waals surface area (Å²) in [5.74, 6) is 0.473. The van der Waals surface area contributed by atoms with E-state index in [9.17, 15) is 0 Å². The molecule has 0 bridgehead atoms. The van der Waals surface area contributed by atoms with Crippen LogP contribution < -0.4 is 36.8 Å². The van der Waals surface area contributed by atoms with Crippen molar-refractivity contribution in [2.45, 2.75) is 125 Å². The molecule has 3 unspecified atom stereocenters. The number of allylic oxidation sites excluding steroid dienone is 1. The minimum atomic E-state index is -0.988. The van der Waals surface area contributed by atoms with Gasteiger partial charge in [-0.05, 0) is 173 Å². The number of hydrogen-bond donors (Lipinski definition) is 1. The Morgan fingerprint density at radius 2 is 1.26 bits per heavy atom. The SMILES string of the molecule is Cc1cc2c(cc1C(C)(C)C)N(c1ccc(N)cc1)c1cc(-n3c4c(c5cc(C(C)(C)C)ccc53)C=C(C(C)(C)C)CC4)cc3c1P2c1cc2c(cc1N3c1ccc(P)cc1)C(C)(C)C2C. The Kier molecular flexibility index (Phi) is 9.50. The lowest BCUT2D eigenvalue weighted by Gasteiger charge is -2.50. The van der Waals surface area contributed by atoms with Crippen molar-refractivity contribution in [1.82, 2.24) is 4.57 Å². The molecule has 6 aromatic carbocycles. The number of fused-ring (bicyclic) bond motifs is 8. The predicted octanol–water partition coefficient (Wildman–Crippen LogP) is 14.7. The van der Waals surface area contributed by atoms with Crippen LogP contribution in [0.3, 0.4) is 0 Å². The van der Waals surface area contributed by atoms with E-state index in [1.54, 1.807) is 0 Å². The first-order valence-electron chi connectivity index (χ1n) is 24.0. The number of nitrogens with two attached hydrogens (primary N) is 1. The van der Waals surface area contributed by atoms with Crippen LogP contribution in [0.5, 0.6) is 0 Å². The van der Waals surface area contributed by atoms with Crippen molar-refractivity contribution in [2.75, 3.05) is 15.5 Å². The highest BCUT2D eigenvalue weighted by Crippen LogP contribution is 2.61. The highest BCUT2D eigenvalue weighted by atomic mass is 31.1. The first kappa shape index (κ1) is 43.4. The quantitative estimate of drug-likeness (QED) is 0.142. The minimum Gasteiger partial charge on any atom is -0.399 e. The average Bonchev–Trinajstić information content (AvgIpc) is 3.58. The van der Waals surface area contributed by atoms with Crippen molar-refractivity contribution in [3.63, 3.8) is 0 Å². The van der Waals surface area contributed by atoms with E-state index >= 15 is 0 Å². The van der Waals surface area contributed by atoms with E-state index in [2.05, 4.69) is 223 Å². The van der Waals surface area contributed by atoms with Crippen LogP contribution in [-0.2, 0) is 22.7 Å². The molecule has 2 aliphatic heterocycles.